The fraction of sp³-hybridized carbons (Fsp3) is 0.568. The van der Waals surface area contributed by atoms with Gasteiger partial charge in [0.25, 0.3) is 5.91 Å². The molecule has 290 valence electrons. The number of carbonyl (C=O) groups is 1. The topological polar surface area (TPSA) is 53.2 Å². The van der Waals surface area contributed by atoms with Gasteiger partial charge < -0.3 is 16.0 Å². The van der Waals surface area contributed by atoms with E-state index in [1.54, 1.807) is 6.92 Å². The van der Waals surface area contributed by atoms with Crippen molar-refractivity contribution in [2.24, 2.45) is 0 Å². The van der Waals surface area contributed by atoms with Gasteiger partial charge in [0, 0.05) is 17.6 Å². The number of amides is 1. The summed E-state index contributed by atoms with van der Waals surface area (Å²) < 4.78 is 34.8. The molecule has 0 aliphatic heterocycles. The molecule has 0 saturated heterocycles. The number of carbonyl (C=O) groups excluding carboxylic acids is 1. The third-order valence-corrected chi connectivity index (χ3v) is 7.88. The van der Waals surface area contributed by atoms with E-state index < -0.39 is 12.7 Å². The maximum Gasteiger partial charge on any atom is 0.401 e. The number of benzene rings is 3. The quantitative estimate of drug-likeness (QED) is 0.129. The van der Waals surface area contributed by atoms with Crippen LogP contribution in [0.5, 0.6) is 0 Å². The number of hydrogen-bond donors (Lipinski definition) is 3. The molecular formula is C44H72F3N3O. The van der Waals surface area contributed by atoms with Crippen molar-refractivity contribution < 1.29 is 18.0 Å². The molecule has 51 heavy (non-hydrogen) atoms. The summed E-state index contributed by atoms with van der Waals surface area (Å²) in [6, 6.07) is 25.4. The molecule has 7 heteroatoms. The summed E-state index contributed by atoms with van der Waals surface area (Å²) in [5, 5.41) is 8.51. The smallest absolute Gasteiger partial charge is 0.350 e. The number of rotatable bonds is 16. The van der Waals surface area contributed by atoms with Gasteiger partial charge in [-0.25, -0.2) is 0 Å². The molecule has 0 fully saturated rings. The van der Waals surface area contributed by atoms with Gasteiger partial charge in [-0.1, -0.05) is 133 Å². The predicted octanol–water partition coefficient (Wildman–Crippen LogP) is 12.3. The van der Waals surface area contributed by atoms with E-state index in [1.165, 1.54) is 59.9 Å². The maximum atomic E-state index is 11.9. The first-order valence-corrected chi connectivity index (χ1v) is 19.4. The SMILES string of the molecule is CC.CC.CCCC(C)NCC(F)(F)F.CCCCCCc1ccccc1-c1ccccc1C.CNCCCC(C)NC(=O)c1ccc(C)cc1. The van der Waals surface area contributed by atoms with Crippen molar-refractivity contribution in [2.75, 3.05) is 20.1 Å². The van der Waals surface area contributed by atoms with Crippen LogP contribution >= 0.6 is 0 Å². The standard InChI is InChI=1S/C19H24.C14H22N2O.C7H14F3N.2C2H6/c1-3-4-5-6-12-17-13-8-10-15-19(17)18-14-9-7-11-16(18)2;1-11-6-8-13(9-7-11)14(17)16-12(2)5-4-10-15-3;1-3-4-6(2)11-5-7(8,9)10;2*1-2/h7-11,13-15H,3-6,12H2,1-2H3;6-9,12,15H,4-5,10H2,1-3H3,(H,16,17);6,11H,3-5H2,1-2H3;2*1-2H3. The third-order valence-electron chi connectivity index (χ3n) is 7.88. The predicted molar refractivity (Wildman–Crippen MR) is 217 cm³/mol. The van der Waals surface area contributed by atoms with Gasteiger partial charge in [0.1, 0.15) is 0 Å². The van der Waals surface area contributed by atoms with Crippen LogP contribution in [0, 0.1) is 13.8 Å². The van der Waals surface area contributed by atoms with Gasteiger partial charge in [0.15, 0.2) is 0 Å². The zero-order chi connectivity index (χ0) is 39.1. The first-order chi connectivity index (χ1) is 24.4. The summed E-state index contributed by atoms with van der Waals surface area (Å²) in [7, 11) is 1.94. The lowest BCUT2D eigenvalue weighted by molar-refractivity contribution is -0.126. The van der Waals surface area contributed by atoms with Gasteiger partial charge in [0.2, 0.25) is 0 Å². The minimum atomic E-state index is -4.08. The number of alkyl halides is 3. The van der Waals surface area contributed by atoms with Crippen LogP contribution < -0.4 is 16.0 Å². The largest absolute Gasteiger partial charge is 0.401 e. The summed E-state index contributed by atoms with van der Waals surface area (Å²) in [5.41, 5.74) is 7.56. The molecule has 1 amide bonds. The Morgan fingerprint density at radius 1 is 0.706 bits per heavy atom. The highest BCUT2D eigenvalue weighted by atomic mass is 19.4. The van der Waals surface area contributed by atoms with Gasteiger partial charge in [-0.3, -0.25) is 4.79 Å². The summed E-state index contributed by atoms with van der Waals surface area (Å²) in [6.45, 7) is 20.3. The van der Waals surface area contributed by atoms with Gasteiger partial charge >= 0.3 is 6.18 Å². The minimum Gasteiger partial charge on any atom is -0.350 e. The van der Waals surface area contributed by atoms with Crippen LogP contribution in [0.4, 0.5) is 13.2 Å². The van der Waals surface area contributed by atoms with Crippen LogP contribution in [0.1, 0.15) is 134 Å². The second kappa shape index (κ2) is 31.6. The number of nitrogens with one attached hydrogen (secondary N) is 3. The molecular weight excluding hydrogens is 643 g/mol. The number of aryl methyl sites for hydroxylation is 3. The van der Waals surface area contributed by atoms with Gasteiger partial charge in [0.05, 0.1) is 6.54 Å². The number of hydrogen-bond acceptors (Lipinski definition) is 3. The second-order valence-electron chi connectivity index (χ2n) is 12.5. The lowest BCUT2D eigenvalue weighted by Gasteiger charge is -2.13. The second-order valence-corrected chi connectivity index (χ2v) is 12.5. The minimum absolute atomic E-state index is 0.0157. The highest BCUT2D eigenvalue weighted by Crippen LogP contribution is 2.27. The molecule has 0 aliphatic rings. The average Bonchev–Trinajstić information content (AvgIpc) is 3.12. The van der Waals surface area contributed by atoms with Crippen molar-refractivity contribution in [3.8, 4) is 11.1 Å². The van der Waals surface area contributed by atoms with Crippen molar-refractivity contribution in [2.45, 2.75) is 145 Å². The van der Waals surface area contributed by atoms with E-state index in [0.29, 0.717) is 0 Å². The number of unbranched alkanes of at least 4 members (excludes halogenated alkanes) is 3. The van der Waals surface area contributed by atoms with E-state index >= 15 is 0 Å². The van der Waals surface area contributed by atoms with Crippen LogP contribution in [0.25, 0.3) is 11.1 Å². The Bertz CT molecular complexity index is 1240. The van der Waals surface area contributed by atoms with Gasteiger partial charge in [-0.05, 0) is 108 Å². The molecule has 0 aliphatic carbocycles. The monoisotopic (exact) mass is 716 g/mol. The Morgan fingerprint density at radius 3 is 1.84 bits per heavy atom. The molecule has 0 radical (unpaired) electrons. The van der Waals surface area contributed by atoms with E-state index in [-0.39, 0.29) is 18.0 Å². The molecule has 0 heterocycles. The lowest BCUT2D eigenvalue weighted by atomic mass is 9.93. The molecule has 0 bridgehead atoms. The van der Waals surface area contributed by atoms with Crippen LogP contribution in [0.2, 0.25) is 0 Å². The van der Waals surface area contributed by atoms with Crippen LogP contribution in [-0.4, -0.2) is 44.3 Å². The van der Waals surface area contributed by atoms with E-state index in [0.717, 1.165) is 37.8 Å². The molecule has 4 nitrogen and oxygen atoms in total. The molecule has 2 unspecified atom stereocenters. The van der Waals surface area contributed by atoms with Crippen LogP contribution in [0.3, 0.4) is 0 Å². The van der Waals surface area contributed by atoms with E-state index in [9.17, 15) is 18.0 Å². The maximum absolute atomic E-state index is 11.9. The molecule has 2 atom stereocenters. The van der Waals surface area contributed by atoms with Crippen LogP contribution in [0.15, 0.2) is 72.8 Å². The molecule has 0 saturated carbocycles. The zero-order valence-electron chi connectivity index (χ0n) is 33.9. The molecule has 3 aromatic carbocycles. The Balaban J connectivity index is 0. The molecule has 3 N–H and O–H groups in total. The average molecular weight is 716 g/mol. The normalized spacial score (nSPS) is 11.5. The fourth-order valence-corrected chi connectivity index (χ4v) is 5.11. The van der Waals surface area contributed by atoms with E-state index in [4.69, 9.17) is 0 Å². The van der Waals surface area contributed by atoms with Gasteiger partial charge in [-0.15, -0.1) is 0 Å². The molecule has 0 spiro atoms. The summed E-state index contributed by atoms with van der Waals surface area (Å²) >= 11 is 0. The van der Waals surface area contributed by atoms with Crippen molar-refractivity contribution in [3.05, 3.63) is 95.1 Å². The summed E-state index contributed by atoms with van der Waals surface area (Å²) in [4.78, 5) is 11.9. The van der Waals surface area contributed by atoms with Crippen molar-refractivity contribution in [1.82, 2.24) is 16.0 Å². The Labute approximate surface area is 310 Å². The van der Waals surface area contributed by atoms with E-state index in [1.807, 2.05) is 79.8 Å². The Kier molecular flexibility index (Phi) is 30.9. The fourth-order valence-electron chi connectivity index (χ4n) is 5.11. The summed E-state index contributed by atoms with van der Waals surface area (Å²) in [6.07, 6.45) is 6.19. The first-order valence-electron chi connectivity index (χ1n) is 19.4. The highest BCUT2D eigenvalue weighted by molar-refractivity contribution is 5.94. The van der Waals surface area contributed by atoms with E-state index in [2.05, 4.69) is 78.3 Å². The Morgan fingerprint density at radius 2 is 1.29 bits per heavy atom. The van der Waals surface area contributed by atoms with Crippen LogP contribution in [-0.2, 0) is 6.42 Å². The molecule has 3 rings (SSSR count). The third kappa shape index (κ3) is 25.4. The first kappa shape index (κ1) is 50.0. The van der Waals surface area contributed by atoms with Crippen molar-refractivity contribution in [3.63, 3.8) is 0 Å². The van der Waals surface area contributed by atoms with Crippen molar-refractivity contribution in [1.29, 1.82) is 0 Å². The van der Waals surface area contributed by atoms with Crippen molar-refractivity contribution >= 4 is 5.91 Å². The summed E-state index contributed by atoms with van der Waals surface area (Å²) in [5.74, 6) is 0.0157. The molecule has 3 aromatic rings. The Hall–Kier alpha value is -3.16. The lowest BCUT2D eigenvalue weighted by Crippen LogP contribution is -2.35. The highest BCUT2D eigenvalue weighted by Gasteiger charge is 2.26. The number of halogens is 3. The zero-order valence-corrected chi connectivity index (χ0v) is 33.9. The van der Waals surface area contributed by atoms with Gasteiger partial charge in [-0.2, -0.15) is 13.2 Å². The molecule has 0 aromatic heterocycles.